The van der Waals surface area contributed by atoms with Gasteiger partial charge in [-0.3, -0.25) is 4.79 Å². The molecule has 0 spiro atoms. The van der Waals surface area contributed by atoms with Crippen molar-refractivity contribution in [3.63, 3.8) is 0 Å². The van der Waals surface area contributed by atoms with Gasteiger partial charge in [0.15, 0.2) is 0 Å². The van der Waals surface area contributed by atoms with E-state index < -0.39 is 11.5 Å². The molecule has 0 unspecified atom stereocenters. The van der Waals surface area contributed by atoms with Gasteiger partial charge in [-0.2, -0.15) is 0 Å². The van der Waals surface area contributed by atoms with Gasteiger partial charge in [-0.05, 0) is 30.5 Å². The van der Waals surface area contributed by atoms with Gasteiger partial charge < -0.3 is 9.72 Å². The summed E-state index contributed by atoms with van der Waals surface area (Å²) in [7, 11) is 0. The Hall–Kier alpha value is -2.14. The van der Waals surface area contributed by atoms with Crippen LogP contribution in [0.5, 0.6) is 0 Å². The number of hydrogen-bond donors (Lipinski definition) is 1. The normalized spacial score (nSPS) is 15.8. The van der Waals surface area contributed by atoms with Crippen LogP contribution in [0.25, 0.3) is 11.8 Å². The molecule has 5 heteroatoms. The topological polar surface area (TPSA) is 59.2 Å². The molecule has 1 aliphatic rings. The van der Waals surface area contributed by atoms with Crippen LogP contribution in [0.3, 0.4) is 0 Å². The number of carbonyl (C=O) groups is 1. The van der Waals surface area contributed by atoms with E-state index in [2.05, 4.69) is 4.98 Å². The fourth-order valence-electron chi connectivity index (χ4n) is 1.90. The standard InChI is InChI=1S/C13H9NO3S/c1-7-5-9-10(6-8-3-2-4-18-8)17-13(16)11(9)12(15)14-7/h2-6H,1H3,(H,14,15). The lowest BCUT2D eigenvalue weighted by Gasteiger charge is -1.98. The molecule has 0 saturated heterocycles. The number of aromatic amines is 1. The SMILES string of the molecule is Cc1cc2c(c(=O)[nH]1)C(=O)OC2=Cc1cccs1. The lowest BCUT2D eigenvalue weighted by atomic mass is 10.1. The van der Waals surface area contributed by atoms with Crippen LogP contribution in [0, 0.1) is 6.92 Å². The third kappa shape index (κ3) is 1.69. The van der Waals surface area contributed by atoms with Crippen LogP contribution in [0.4, 0.5) is 0 Å². The van der Waals surface area contributed by atoms with E-state index in [1.807, 2.05) is 17.5 Å². The van der Waals surface area contributed by atoms with Crippen molar-refractivity contribution >= 4 is 29.1 Å². The highest BCUT2D eigenvalue weighted by Crippen LogP contribution is 2.30. The smallest absolute Gasteiger partial charge is 0.349 e. The number of pyridine rings is 1. The molecule has 0 atom stereocenters. The van der Waals surface area contributed by atoms with Crippen molar-refractivity contribution in [1.29, 1.82) is 0 Å². The zero-order valence-electron chi connectivity index (χ0n) is 9.52. The zero-order valence-corrected chi connectivity index (χ0v) is 10.3. The lowest BCUT2D eigenvalue weighted by molar-refractivity contribution is 0.0715. The van der Waals surface area contributed by atoms with E-state index in [0.29, 0.717) is 17.0 Å². The Morgan fingerprint density at radius 3 is 2.94 bits per heavy atom. The Kier molecular flexibility index (Phi) is 2.41. The van der Waals surface area contributed by atoms with Crippen molar-refractivity contribution in [2.45, 2.75) is 6.92 Å². The largest absolute Gasteiger partial charge is 0.422 e. The third-order valence-electron chi connectivity index (χ3n) is 2.66. The maximum Gasteiger partial charge on any atom is 0.349 e. The Labute approximate surface area is 107 Å². The minimum Gasteiger partial charge on any atom is -0.422 e. The molecule has 1 N–H and O–H groups in total. The summed E-state index contributed by atoms with van der Waals surface area (Å²) in [4.78, 5) is 26.9. The van der Waals surface area contributed by atoms with E-state index in [4.69, 9.17) is 4.74 Å². The summed E-state index contributed by atoms with van der Waals surface area (Å²) < 4.78 is 5.15. The minimum atomic E-state index is -0.589. The van der Waals surface area contributed by atoms with Gasteiger partial charge in [0, 0.05) is 16.1 Å². The van der Waals surface area contributed by atoms with E-state index in [1.165, 1.54) is 0 Å². The van der Waals surface area contributed by atoms with Crippen LogP contribution in [0.2, 0.25) is 0 Å². The van der Waals surface area contributed by atoms with Crippen LogP contribution in [0.1, 0.15) is 26.5 Å². The molecule has 2 aromatic rings. The molecule has 18 heavy (non-hydrogen) atoms. The Morgan fingerprint density at radius 1 is 1.39 bits per heavy atom. The number of esters is 1. The highest BCUT2D eigenvalue weighted by molar-refractivity contribution is 7.10. The van der Waals surface area contributed by atoms with Gasteiger partial charge in [0.1, 0.15) is 11.3 Å². The maximum absolute atomic E-state index is 11.7. The van der Waals surface area contributed by atoms with Crippen molar-refractivity contribution in [2.75, 3.05) is 0 Å². The zero-order chi connectivity index (χ0) is 12.7. The Balaban J connectivity index is 2.20. The first-order valence-corrected chi connectivity index (χ1v) is 6.25. The lowest BCUT2D eigenvalue weighted by Crippen LogP contribution is -2.16. The predicted molar refractivity (Wildman–Crippen MR) is 69.4 cm³/mol. The number of thiophene rings is 1. The minimum absolute atomic E-state index is 0.0865. The molecule has 90 valence electrons. The second kappa shape index (κ2) is 3.96. The molecule has 0 aromatic carbocycles. The summed E-state index contributed by atoms with van der Waals surface area (Å²) >= 11 is 1.54. The van der Waals surface area contributed by atoms with Gasteiger partial charge >= 0.3 is 5.97 Å². The number of aryl methyl sites for hydroxylation is 1. The van der Waals surface area contributed by atoms with Crippen molar-refractivity contribution in [3.05, 3.63) is 55.6 Å². The molecule has 0 amide bonds. The van der Waals surface area contributed by atoms with Crippen LogP contribution in [0.15, 0.2) is 28.4 Å². The van der Waals surface area contributed by atoms with E-state index in [0.717, 1.165) is 4.88 Å². The molecule has 0 bridgehead atoms. The first kappa shape index (κ1) is 11.0. The summed E-state index contributed by atoms with van der Waals surface area (Å²) in [6.45, 7) is 1.77. The Bertz CT molecular complexity index is 710. The van der Waals surface area contributed by atoms with Gasteiger partial charge in [0.2, 0.25) is 0 Å². The molecular formula is C13H9NO3S. The number of ether oxygens (including phenoxy) is 1. The number of nitrogens with one attached hydrogen (secondary N) is 1. The fraction of sp³-hybridized carbons (Fsp3) is 0.0769. The summed E-state index contributed by atoms with van der Waals surface area (Å²) in [6.07, 6.45) is 1.77. The molecule has 0 aliphatic carbocycles. The summed E-state index contributed by atoms with van der Waals surface area (Å²) in [6, 6.07) is 5.59. The molecule has 2 aromatic heterocycles. The van der Waals surface area contributed by atoms with Crippen molar-refractivity contribution in [2.24, 2.45) is 0 Å². The first-order valence-electron chi connectivity index (χ1n) is 5.37. The number of hydrogen-bond acceptors (Lipinski definition) is 4. The van der Waals surface area contributed by atoms with Gasteiger partial charge in [0.05, 0.1) is 0 Å². The highest BCUT2D eigenvalue weighted by Gasteiger charge is 2.30. The van der Waals surface area contributed by atoms with Crippen molar-refractivity contribution in [1.82, 2.24) is 4.98 Å². The van der Waals surface area contributed by atoms with Crippen LogP contribution in [-0.2, 0) is 4.74 Å². The number of carbonyl (C=O) groups excluding carboxylic acids is 1. The molecule has 0 fully saturated rings. The highest BCUT2D eigenvalue weighted by atomic mass is 32.1. The molecule has 3 heterocycles. The third-order valence-corrected chi connectivity index (χ3v) is 3.48. The summed E-state index contributed by atoms with van der Waals surface area (Å²) in [5.41, 5.74) is 0.955. The van der Waals surface area contributed by atoms with E-state index in [-0.39, 0.29) is 5.56 Å². The molecule has 1 aliphatic heterocycles. The molecule has 3 rings (SSSR count). The monoisotopic (exact) mass is 259 g/mol. The van der Waals surface area contributed by atoms with Crippen LogP contribution >= 0.6 is 11.3 Å². The van der Waals surface area contributed by atoms with E-state index in [9.17, 15) is 9.59 Å². The van der Waals surface area contributed by atoms with Gasteiger partial charge in [0.25, 0.3) is 5.56 Å². The fourth-order valence-corrected chi connectivity index (χ4v) is 2.55. The number of cyclic esters (lactones) is 1. The Morgan fingerprint density at radius 2 is 2.22 bits per heavy atom. The van der Waals surface area contributed by atoms with Crippen LogP contribution < -0.4 is 5.56 Å². The first-order chi connectivity index (χ1) is 8.65. The molecule has 4 nitrogen and oxygen atoms in total. The van der Waals surface area contributed by atoms with Crippen molar-refractivity contribution in [3.8, 4) is 0 Å². The summed E-state index contributed by atoms with van der Waals surface area (Å²) in [5.74, 6) is -0.152. The van der Waals surface area contributed by atoms with Gasteiger partial charge in [-0.15, -0.1) is 11.3 Å². The van der Waals surface area contributed by atoms with Gasteiger partial charge in [-0.25, -0.2) is 4.79 Å². The number of aromatic nitrogens is 1. The molecule has 0 radical (unpaired) electrons. The van der Waals surface area contributed by atoms with E-state index in [1.54, 1.807) is 30.4 Å². The van der Waals surface area contributed by atoms with Gasteiger partial charge in [-0.1, -0.05) is 6.07 Å². The average Bonchev–Trinajstić information content (AvgIpc) is 2.88. The summed E-state index contributed by atoms with van der Waals surface area (Å²) in [5, 5.41) is 1.94. The van der Waals surface area contributed by atoms with Crippen molar-refractivity contribution < 1.29 is 9.53 Å². The number of fused-ring (bicyclic) bond motifs is 1. The number of H-pyrrole nitrogens is 1. The molecule has 0 saturated carbocycles. The van der Waals surface area contributed by atoms with Crippen LogP contribution in [-0.4, -0.2) is 11.0 Å². The average molecular weight is 259 g/mol. The van der Waals surface area contributed by atoms with E-state index >= 15 is 0 Å². The maximum atomic E-state index is 11.7. The second-order valence-corrected chi connectivity index (χ2v) is 4.96. The number of rotatable bonds is 1. The second-order valence-electron chi connectivity index (χ2n) is 3.98. The quantitative estimate of drug-likeness (QED) is 0.800. The molecular weight excluding hydrogens is 250 g/mol. The predicted octanol–water partition coefficient (Wildman–Crippen LogP) is 2.41.